The molecule has 36 heavy (non-hydrogen) atoms. The fourth-order valence-corrected chi connectivity index (χ4v) is 4.42. The van der Waals surface area contributed by atoms with Crippen molar-refractivity contribution in [3.63, 3.8) is 0 Å². The van der Waals surface area contributed by atoms with Crippen molar-refractivity contribution >= 4 is 29.0 Å². The molecule has 0 radical (unpaired) electrons. The summed E-state index contributed by atoms with van der Waals surface area (Å²) in [5.41, 5.74) is 7.43. The van der Waals surface area contributed by atoms with E-state index in [1.165, 1.54) is 9.47 Å². The second kappa shape index (κ2) is 11.1. The third-order valence-corrected chi connectivity index (χ3v) is 6.38. The first-order valence-corrected chi connectivity index (χ1v) is 12.2. The Morgan fingerprint density at radius 2 is 1.75 bits per heavy atom. The molecule has 1 aliphatic heterocycles. The predicted octanol–water partition coefficient (Wildman–Crippen LogP) is 2.67. The van der Waals surface area contributed by atoms with E-state index in [1.807, 2.05) is 61.5 Å². The molecule has 0 saturated carbocycles. The molecule has 0 aliphatic carbocycles. The standard InChI is InChI=1S/C27H31N5O4/c1-2-3-15-31(23(34)17-19-11-13-21(14-12-19)30-16-7-10-22(30)33)24-25(28)32(27(36)29-26(24)35)18-20-8-5-4-6-9-20/h4-6,8-9,11-14H,2-3,7,10,15-18,28H2,1H3,(H,29,35,36). The van der Waals surface area contributed by atoms with E-state index in [4.69, 9.17) is 5.73 Å². The van der Waals surface area contributed by atoms with E-state index < -0.39 is 11.2 Å². The van der Waals surface area contributed by atoms with Crippen molar-refractivity contribution in [1.82, 2.24) is 9.55 Å². The summed E-state index contributed by atoms with van der Waals surface area (Å²) in [7, 11) is 0. The van der Waals surface area contributed by atoms with Gasteiger partial charge in [0.15, 0.2) is 5.69 Å². The summed E-state index contributed by atoms with van der Waals surface area (Å²) in [5.74, 6) is -0.236. The Balaban J connectivity index is 1.62. The average Bonchev–Trinajstić information content (AvgIpc) is 3.30. The van der Waals surface area contributed by atoms with E-state index in [0.29, 0.717) is 25.9 Å². The molecule has 9 nitrogen and oxygen atoms in total. The Hall–Kier alpha value is -4.14. The van der Waals surface area contributed by atoms with Gasteiger partial charge in [0.25, 0.3) is 5.56 Å². The van der Waals surface area contributed by atoms with Crippen LogP contribution in [0.3, 0.4) is 0 Å². The van der Waals surface area contributed by atoms with E-state index in [2.05, 4.69) is 4.98 Å². The molecule has 0 spiro atoms. The van der Waals surface area contributed by atoms with Crippen LogP contribution in [0.25, 0.3) is 0 Å². The van der Waals surface area contributed by atoms with Gasteiger partial charge in [0, 0.05) is 25.2 Å². The Bertz CT molecular complexity index is 1350. The van der Waals surface area contributed by atoms with Crippen LogP contribution in [0, 0.1) is 0 Å². The number of carbonyl (C=O) groups excluding carboxylic acids is 2. The molecule has 3 aromatic rings. The van der Waals surface area contributed by atoms with Crippen LogP contribution in [0.4, 0.5) is 17.2 Å². The molecule has 0 bridgehead atoms. The zero-order valence-electron chi connectivity index (χ0n) is 20.4. The zero-order valence-corrected chi connectivity index (χ0v) is 20.4. The van der Waals surface area contributed by atoms with E-state index in [-0.39, 0.29) is 36.3 Å². The molecule has 1 aromatic heterocycles. The van der Waals surface area contributed by atoms with Gasteiger partial charge in [-0.15, -0.1) is 0 Å². The highest BCUT2D eigenvalue weighted by molar-refractivity contribution is 5.97. The molecular weight excluding hydrogens is 458 g/mol. The molecule has 1 saturated heterocycles. The number of nitrogens with two attached hydrogens (primary N) is 1. The number of rotatable bonds is 9. The van der Waals surface area contributed by atoms with Gasteiger partial charge in [-0.1, -0.05) is 55.8 Å². The van der Waals surface area contributed by atoms with Crippen LogP contribution in [0.1, 0.15) is 43.7 Å². The summed E-state index contributed by atoms with van der Waals surface area (Å²) in [6, 6.07) is 16.6. The molecule has 188 valence electrons. The lowest BCUT2D eigenvalue weighted by atomic mass is 10.1. The second-order valence-corrected chi connectivity index (χ2v) is 8.96. The SMILES string of the molecule is CCCCN(C(=O)Cc1ccc(N2CCCC2=O)cc1)c1c(N)n(Cc2ccccc2)c(=O)[nH]c1=O. The van der Waals surface area contributed by atoms with E-state index >= 15 is 0 Å². The van der Waals surface area contributed by atoms with Gasteiger partial charge in [-0.05, 0) is 36.1 Å². The molecule has 0 atom stereocenters. The molecule has 1 fully saturated rings. The number of unbranched alkanes of at least 4 members (excludes halogenated alkanes) is 1. The Labute approximate surface area is 209 Å². The third kappa shape index (κ3) is 5.40. The summed E-state index contributed by atoms with van der Waals surface area (Å²) >= 11 is 0. The minimum atomic E-state index is -0.686. The second-order valence-electron chi connectivity index (χ2n) is 8.96. The number of anilines is 3. The van der Waals surface area contributed by atoms with Crippen molar-refractivity contribution in [2.45, 2.75) is 45.6 Å². The zero-order chi connectivity index (χ0) is 25.7. The van der Waals surface area contributed by atoms with Crippen LogP contribution in [-0.4, -0.2) is 34.5 Å². The van der Waals surface area contributed by atoms with Crippen molar-refractivity contribution < 1.29 is 9.59 Å². The lowest BCUT2D eigenvalue weighted by Crippen LogP contribution is -2.42. The summed E-state index contributed by atoms with van der Waals surface area (Å²) in [6.07, 6.45) is 2.92. The molecule has 9 heteroatoms. The van der Waals surface area contributed by atoms with E-state index in [1.54, 1.807) is 4.90 Å². The molecule has 3 N–H and O–H groups in total. The summed E-state index contributed by atoms with van der Waals surface area (Å²) < 4.78 is 1.28. The van der Waals surface area contributed by atoms with Gasteiger partial charge in [0.05, 0.1) is 13.0 Å². The van der Waals surface area contributed by atoms with Gasteiger partial charge in [0.2, 0.25) is 11.8 Å². The van der Waals surface area contributed by atoms with Crippen LogP contribution in [0.15, 0.2) is 64.2 Å². The number of hydrogen-bond donors (Lipinski definition) is 2. The summed E-state index contributed by atoms with van der Waals surface area (Å²) in [6.45, 7) is 3.15. The number of nitrogen functional groups attached to an aromatic ring is 1. The fraction of sp³-hybridized carbons (Fsp3) is 0.333. The molecule has 1 aliphatic rings. The average molecular weight is 490 g/mol. The summed E-state index contributed by atoms with van der Waals surface area (Å²) in [4.78, 5) is 56.4. The van der Waals surface area contributed by atoms with Crippen molar-refractivity contribution in [1.29, 1.82) is 0 Å². The third-order valence-electron chi connectivity index (χ3n) is 6.38. The maximum absolute atomic E-state index is 13.4. The monoisotopic (exact) mass is 489 g/mol. The smallest absolute Gasteiger partial charge is 0.330 e. The van der Waals surface area contributed by atoms with Crippen LogP contribution < -0.4 is 26.8 Å². The van der Waals surface area contributed by atoms with Crippen LogP contribution in [-0.2, 0) is 22.6 Å². The number of carbonyl (C=O) groups is 2. The van der Waals surface area contributed by atoms with Crippen molar-refractivity contribution in [3.8, 4) is 0 Å². The molecule has 2 heterocycles. The van der Waals surface area contributed by atoms with Crippen LogP contribution in [0.2, 0.25) is 0 Å². The lowest BCUT2D eigenvalue weighted by Gasteiger charge is -2.25. The number of amides is 2. The first-order chi connectivity index (χ1) is 17.4. The molecule has 2 aromatic carbocycles. The number of hydrogen-bond acceptors (Lipinski definition) is 5. The van der Waals surface area contributed by atoms with Crippen molar-refractivity contribution in [2.24, 2.45) is 0 Å². The number of H-pyrrole nitrogens is 1. The van der Waals surface area contributed by atoms with Gasteiger partial charge in [-0.3, -0.25) is 23.9 Å². The Morgan fingerprint density at radius 1 is 1.03 bits per heavy atom. The van der Waals surface area contributed by atoms with Gasteiger partial charge >= 0.3 is 5.69 Å². The Morgan fingerprint density at radius 3 is 2.39 bits per heavy atom. The highest BCUT2D eigenvalue weighted by Gasteiger charge is 2.25. The maximum Gasteiger partial charge on any atom is 0.330 e. The van der Waals surface area contributed by atoms with Gasteiger partial charge < -0.3 is 15.5 Å². The molecule has 4 rings (SSSR count). The fourth-order valence-electron chi connectivity index (χ4n) is 4.42. The first-order valence-electron chi connectivity index (χ1n) is 12.2. The number of aromatic nitrogens is 2. The van der Waals surface area contributed by atoms with Crippen LogP contribution >= 0.6 is 0 Å². The minimum Gasteiger partial charge on any atom is -0.383 e. The number of nitrogens with zero attached hydrogens (tertiary/aromatic N) is 3. The lowest BCUT2D eigenvalue weighted by molar-refractivity contribution is -0.118. The van der Waals surface area contributed by atoms with Gasteiger partial charge in [-0.25, -0.2) is 4.79 Å². The van der Waals surface area contributed by atoms with E-state index in [9.17, 15) is 19.2 Å². The van der Waals surface area contributed by atoms with Crippen molar-refractivity contribution in [2.75, 3.05) is 28.6 Å². The highest BCUT2D eigenvalue weighted by Crippen LogP contribution is 2.23. The Kier molecular flexibility index (Phi) is 7.68. The first kappa shape index (κ1) is 25.0. The number of benzene rings is 2. The highest BCUT2D eigenvalue weighted by atomic mass is 16.2. The minimum absolute atomic E-state index is 0.0109. The molecular formula is C27H31N5O4. The predicted molar refractivity (Wildman–Crippen MR) is 140 cm³/mol. The molecule has 2 amide bonds. The summed E-state index contributed by atoms with van der Waals surface area (Å²) in [5, 5.41) is 0. The maximum atomic E-state index is 13.4. The van der Waals surface area contributed by atoms with E-state index in [0.717, 1.165) is 29.7 Å². The topological polar surface area (TPSA) is 121 Å². The van der Waals surface area contributed by atoms with Crippen molar-refractivity contribution in [3.05, 3.63) is 86.6 Å². The number of aromatic amines is 1. The molecule has 0 unspecified atom stereocenters. The number of nitrogens with one attached hydrogen (secondary N) is 1. The van der Waals surface area contributed by atoms with Crippen LogP contribution in [0.5, 0.6) is 0 Å². The quantitative estimate of drug-likeness (QED) is 0.479. The van der Waals surface area contributed by atoms with Gasteiger partial charge in [-0.2, -0.15) is 0 Å². The van der Waals surface area contributed by atoms with Gasteiger partial charge in [0.1, 0.15) is 5.82 Å². The largest absolute Gasteiger partial charge is 0.383 e. The normalized spacial score (nSPS) is 13.2.